The highest BCUT2D eigenvalue weighted by atomic mass is 32.2. The fraction of sp³-hybridized carbons (Fsp3) is 0.292. The normalized spacial score (nSPS) is 12.1. The monoisotopic (exact) mass is 450 g/mol. The highest BCUT2D eigenvalue weighted by molar-refractivity contribution is 7.98. The van der Waals surface area contributed by atoms with Crippen molar-refractivity contribution < 1.29 is 4.74 Å². The number of thiazole rings is 1. The zero-order chi connectivity index (χ0) is 21.6. The lowest BCUT2D eigenvalue weighted by molar-refractivity contribution is 0.210. The molecule has 5 nitrogen and oxygen atoms in total. The molecule has 0 amide bonds. The molecule has 0 aliphatic rings. The van der Waals surface area contributed by atoms with E-state index < -0.39 is 0 Å². The molecule has 160 valence electrons. The minimum Gasteiger partial charge on any atom is -0.483 e. The molecule has 2 aromatic heterocycles. The Morgan fingerprint density at radius 2 is 1.81 bits per heavy atom. The van der Waals surface area contributed by atoms with Crippen molar-refractivity contribution in [2.24, 2.45) is 0 Å². The van der Waals surface area contributed by atoms with Crippen LogP contribution in [-0.2, 0) is 18.7 Å². The number of aryl methyl sites for hydroxylation is 1. The van der Waals surface area contributed by atoms with E-state index in [0.29, 0.717) is 0 Å². The molecule has 0 aliphatic heterocycles. The van der Waals surface area contributed by atoms with Crippen molar-refractivity contribution in [3.8, 4) is 16.3 Å². The third-order valence-corrected chi connectivity index (χ3v) is 6.93. The Hall–Kier alpha value is -2.64. The molecule has 1 atom stereocenters. The largest absolute Gasteiger partial charge is 0.483 e. The van der Waals surface area contributed by atoms with Gasteiger partial charge in [0.15, 0.2) is 17.1 Å². The van der Waals surface area contributed by atoms with Crippen LogP contribution in [0.3, 0.4) is 0 Å². The van der Waals surface area contributed by atoms with Crippen molar-refractivity contribution in [2.45, 2.75) is 50.8 Å². The Bertz CT molecular complexity index is 1110. The summed E-state index contributed by atoms with van der Waals surface area (Å²) in [4.78, 5) is 4.78. The predicted octanol–water partition coefficient (Wildman–Crippen LogP) is 6.42. The molecule has 7 heteroatoms. The SMILES string of the molecule is CCc1ccc(OC(C)c2nnc(SCc3csc(-c4ccccc4)n3)n2CC)cc1. The lowest BCUT2D eigenvalue weighted by atomic mass is 10.2. The maximum atomic E-state index is 6.13. The molecule has 2 heterocycles. The van der Waals surface area contributed by atoms with Gasteiger partial charge in [0, 0.05) is 23.2 Å². The quantitative estimate of drug-likeness (QED) is 0.276. The van der Waals surface area contributed by atoms with E-state index >= 15 is 0 Å². The van der Waals surface area contributed by atoms with Crippen molar-refractivity contribution >= 4 is 23.1 Å². The lowest BCUT2D eigenvalue weighted by Gasteiger charge is -2.15. The van der Waals surface area contributed by atoms with Gasteiger partial charge in [-0.3, -0.25) is 0 Å². The molecule has 4 rings (SSSR count). The Balaban J connectivity index is 1.42. The van der Waals surface area contributed by atoms with E-state index in [1.54, 1.807) is 23.1 Å². The van der Waals surface area contributed by atoms with E-state index in [4.69, 9.17) is 9.72 Å². The molecule has 0 radical (unpaired) electrons. The van der Waals surface area contributed by atoms with Crippen LogP contribution >= 0.6 is 23.1 Å². The van der Waals surface area contributed by atoms with Gasteiger partial charge in [-0.2, -0.15) is 0 Å². The van der Waals surface area contributed by atoms with Gasteiger partial charge in [0.1, 0.15) is 10.8 Å². The summed E-state index contributed by atoms with van der Waals surface area (Å²) in [6.45, 7) is 7.07. The summed E-state index contributed by atoms with van der Waals surface area (Å²) in [5.74, 6) is 2.45. The molecule has 0 aliphatic carbocycles. The molecule has 0 N–H and O–H groups in total. The maximum absolute atomic E-state index is 6.13. The molecule has 31 heavy (non-hydrogen) atoms. The number of hydrogen-bond donors (Lipinski definition) is 0. The van der Waals surface area contributed by atoms with Gasteiger partial charge in [-0.1, -0.05) is 61.2 Å². The van der Waals surface area contributed by atoms with E-state index in [2.05, 4.69) is 58.3 Å². The standard InChI is InChI=1S/C24H26N4OS2/c1-4-18-11-13-21(14-12-18)29-17(3)22-26-27-24(28(22)5-2)31-16-20-15-30-23(25-20)19-9-7-6-8-10-19/h6-15,17H,4-5,16H2,1-3H3. The second-order valence-electron chi connectivity index (χ2n) is 7.14. The molecule has 0 bridgehead atoms. The molecule has 0 spiro atoms. The molecule has 4 aromatic rings. The molecule has 0 fully saturated rings. The third kappa shape index (κ3) is 5.17. The number of benzene rings is 2. The van der Waals surface area contributed by atoms with Crippen LogP contribution in [-0.4, -0.2) is 19.7 Å². The fourth-order valence-electron chi connectivity index (χ4n) is 3.29. The topological polar surface area (TPSA) is 52.8 Å². The summed E-state index contributed by atoms with van der Waals surface area (Å²) < 4.78 is 8.25. The van der Waals surface area contributed by atoms with Gasteiger partial charge in [0.2, 0.25) is 0 Å². The van der Waals surface area contributed by atoms with Gasteiger partial charge in [0.25, 0.3) is 0 Å². The summed E-state index contributed by atoms with van der Waals surface area (Å²) in [7, 11) is 0. The van der Waals surface area contributed by atoms with Gasteiger partial charge in [-0.15, -0.1) is 21.5 Å². The molecule has 1 unspecified atom stereocenters. The Labute approximate surface area is 191 Å². The first-order valence-electron chi connectivity index (χ1n) is 10.5. The molecule has 2 aromatic carbocycles. The first-order valence-corrected chi connectivity index (χ1v) is 12.4. The van der Waals surface area contributed by atoms with Crippen LogP contribution in [0.25, 0.3) is 10.6 Å². The fourth-order valence-corrected chi connectivity index (χ4v) is 5.12. The number of nitrogens with zero attached hydrogens (tertiary/aromatic N) is 4. The van der Waals surface area contributed by atoms with Crippen LogP contribution in [0.2, 0.25) is 0 Å². The Kier molecular flexibility index (Phi) is 7.04. The first kappa shape index (κ1) is 21.6. The number of rotatable bonds is 9. The second-order valence-corrected chi connectivity index (χ2v) is 8.94. The van der Waals surface area contributed by atoms with Crippen LogP contribution in [0.15, 0.2) is 65.1 Å². The molecular formula is C24H26N4OS2. The van der Waals surface area contributed by atoms with Crippen LogP contribution in [0, 0.1) is 0 Å². The van der Waals surface area contributed by atoms with Crippen molar-refractivity contribution in [1.29, 1.82) is 0 Å². The highest BCUT2D eigenvalue weighted by Gasteiger charge is 2.19. The molecular weight excluding hydrogens is 424 g/mol. The van der Waals surface area contributed by atoms with Crippen molar-refractivity contribution in [1.82, 2.24) is 19.7 Å². The maximum Gasteiger partial charge on any atom is 0.191 e. The summed E-state index contributed by atoms with van der Waals surface area (Å²) in [5, 5.41) is 12.9. The number of aromatic nitrogens is 4. The highest BCUT2D eigenvalue weighted by Crippen LogP contribution is 2.29. The second kappa shape index (κ2) is 10.1. The van der Waals surface area contributed by atoms with Gasteiger partial charge < -0.3 is 9.30 Å². The predicted molar refractivity (Wildman–Crippen MR) is 128 cm³/mol. The molecule has 0 saturated heterocycles. The van der Waals surface area contributed by atoms with Gasteiger partial charge >= 0.3 is 0 Å². The average molecular weight is 451 g/mol. The van der Waals surface area contributed by atoms with E-state index in [1.807, 2.05) is 37.3 Å². The summed E-state index contributed by atoms with van der Waals surface area (Å²) in [6.07, 6.45) is 0.838. The first-order chi connectivity index (χ1) is 15.2. The summed E-state index contributed by atoms with van der Waals surface area (Å²) >= 11 is 3.34. The smallest absolute Gasteiger partial charge is 0.191 e. The van der Waals surface area contributed by atoms with Gasteiger partial charge in [-0.05, 0) is 38.0 Å². The Morgan fingerprint density at radius 1 is 1.03 bits per heavy atom. The van der Waals surface area contributed by atoms with Crippen LogP contribution in [0.5, 0.6) is 5.75 Å². The third-order valence-electron chi connectivity index (χ3n) is 4.99. The summed E-state index contributed by atoms with van der Waals surface area (Å²) in [6, 6.07) is 18.5. The van der Waals surface area contributed by atoms with Gasteiger partial charge in [-0.25, -0.2) is 4.98 Å². The van der Waals surface area contributed by atoms with E-state index in [0.717, 1.165) is 51.7 Å². The average Bonchev–Trinajstić information content (AvgIpc) is 3.45. The molecule has 0 saturated carbocycles. The number of thioether (sulfide) groups is 1. The van der Waals surface area contributed by atoms with E-state index in [1.165, 1.54) is 5.56 Å². The lowest BCUT2D eigenvalue weighted by Crippen LogP contribution is -2.12. The Morgan fingerprint density at radius 3 is 2.52 bits per heavy atom. The zero-order valence-corrected chi connectivity index (χ0v) is 19.6. The van der Waals surface area contributed by atoms with Crippen molar-refractivity contribution in [3.05, 3.63) is 77.1 Å². The van der Waals surface area contributed by atoms with Crippen LogP contribution < -0.4 is 4.74 Å². The number of ether oxygens (including phenoxy) is 1. The minimum absolute atomic E-state index is 0.182. The van der Waals surface area contributed by atoms with E-state index in [9.17, 15) is 0 Å². The van der Waals surface area contributed by atoms with E-state index in [-0.39, 0.29) is 6.10 Å². The summed E-state index contributed by atoms with van der Waals surface area (Å²) in [5.41, 5.74) is 3.51. The van der Waals surface area contributed by atoms with Crippen LogP contribution in [0.1, 0.15) is 44.0 Å². The number of hydrogen-bond acceptors (Lipinski definition) is 6. The van der Waals surface area contributed by atoms with Gasteiger partial charge in [0.05, 0.1) is 5.69 Å². The zero-order valence-electron chi connectivity index (χ0n) is 18.0. The minimum atomic E-state index is -0.182. The van der Waals surface area contributed by atoms with Crippen molar-refractivity contribution in [2.75, 3.05) is 0 Å². The van der Waals surface area contributed by atoms with Crippen molar-refractivity contribution in [3.63, 3.8) is 0 Å². The van der Waals surface area contributed by atoms with Crippen LogP contribution in [0.4, 0.5) is 0 Å².